The summed E-state index contributed by atoms with van der Waals surface area (Å²) < 4.78 is 19.0. The Labute approximate surface area is 120 Å². The second kappa shape index (κ2) is 7.04. The molecule has 0 bridgehead atoms. The van der Waals surface area contributed by atoms with Gasteiger partial charge in [0.1, 0.15) is 11.6 Å². The summed E-state index contributed by atoms with van der Waals surface area (Å²) >= 11 is 0. The summed E-state index contributed by atoms with van der Waals surface area (Å²) in [5.41, 5.74) is 0.655. The van der Waals surface area contributed by atoms with Crippen molar-refractivity contribution >= 4 is 0 Å². The van der Waals surface area contributed by atoms with Gasteiger partial charge in [0.2, 0.25) is 0 Å². The van der Waals surface area contributed by atoms with Gasteiger partial charge in [-0.05, 0) is 44.7 Å². The standard InChI is InChI=1S/C16H24FNO2/c1-11(15-7-6-14(20-2)9-16(15)17)18-10-12-4-3-5-13(19)8-12/h6-7,9,11-13,18-19H,3-5,8,10H2,1-2H3. The van der Waals surface area contributed by atoms with Crippen LogP contribution in [-0.2, 0) is 0 Å². The molecule has 3 atom stereocenters. The first kappa shape index (κ1) is 15.3. The van der Waals surface area contributed by atoms with Crippen molar-refractivity contribution in [3.63, 3.8) is 0 Å². The van der Waals surface area contributed by atoms with E-state index in [0.717, 1.165) is 32.2 Å². The number of benzene rings is 1. The molecule has 3 nitrogen and oxygen atoms in total. The number of nitrogens with one attached hydrogen (secondary N) is 1. The summed E-state index contributed by atoms with van der Waals surface area (Å²) in [5, 5.41) is 13.0. The van der Waals surface area contributed by atoms with Gasteiger partial charge in [0.05, 0.1) is 13.2 Å². The van der Waals surface area contributed by atoms with Crippen molar-refractivity contribution in [2.75, 3.05) is 13.7 Å². The fourth-order valence-electron chi connectivity index (χ4n) is 2.89. The predicted octanol–water partition coefficient (Wildman–Crippen LogP) is 3.04. The normalized spacial score (nSPS) is 24.4. The van der Waals surface area contributed by atoms with Crippen LogP contribution in [0.4, 0.5) is 4.39 Å². The average Bonchev–Trinajstić information content (AvgIpc) is 2.44. The van der Waals surface area contributed by atoms with Gasteiger partial charge in [-0.2, -0.15) is 0 Å². The van der Waals surface area contributed by atoms with Gasteiger partial charge in [0.15, 0.2) is 0 Å². The highest BCUT2D eigenvalue weighted by Crippen LogP contribution is 2.25. The molecule has 2 N–H and O–H groups in total. The lowest BCUT2D eigenvalue weighted by Gasteiger charge is -2.27. The highest BCUT2D eigenvalue weighted by molar-refractivity contribution is 5.30. The summed E-state index contributed by atoms with van der Waals surface area (Å²) in [6.45, 7) is 2.79. The lowest BCUT2D eigenvalue weighted by atomic mass is 9.87. The first-order valence-corrected chi connectivity index (χ1v) is 7.35. The SMILES string of the molecule is COc1ccc(C(C)NCC2CCCC(O)C2)c(F)c1. The molecule has 112 valence electrons. The Balaban J connectivity index is 1.89. The largest absolute Gasteiger partial charge is 0.497 e. The maximum absolute atomic E-state index is 14.0. The van der Waals surface area contributed by atoms with E-state index in [0.29, 0.717) is 17.2 Å². The smallest absolute Gasteiger partial charge is 0.131 e. The average molecular weight is 281 g/mol. The summed E-state index contributed by atoms with van der Waals surface area (Å²) in [6, 6.07) is 4.92. The fourth-order valence-corrected chi connectivity index (χ4v) is 2.89. The minimum absolute atomic E-state index is 0.0417. The topological polar surface area (TPSA) is 41.5 Å². The molecular formula is C16H24FNO2. The molecule has 1 aliphatic rings. The van der Waals surface area contributed by atoms with Gasteiger partial charge in [-0.1, -0.05) is 12.5 Å². The number of rotatable bonds is 5. The van der Waals surface area contributed by atoms with Crippen LogP contribution >= 0.6 is 0 Å². The Hall–Kier alpha value is -1.13. The Morgan fingerprint density at radius 3 is 2.90 bits per heavy atom. The van der Waals surface area contributed by atoms with Crippen LogP contribution in [0.25, 0.3) is 0 Å². The van der Waals surface area contributed by atoms with Gasteiger partial charge in [0, 0.05) is 17.7 Å². The quantitative estimate of drug-likeness (QED) is 0.871. The van der Waals surface area contributed by atoms with Crippen molar-refractivity contribution in [2.45, 2.75) is 44.8 Å². The number of methoxy groups -OCH3 is 1. The second-order valence-electron chi connectivity index (χ2n) is 5.70. The van der Waals surface area contributed by atoms with E-state index in [1.54, 1.807) is 12.1 Å². The van der Waals surface area contributed by atoms with E-state index in [2.05, 4.69) is 5.32 Å². The fraction of sp³-hybridized carbons (Fsp3) is 0.625. The lowest BCUT2D eigenvalue weighted by molar-refractivity contribution is 0.0997. The van der Waals surface area contributed by atoms with Crippen LogP contribution in [0, 0.1) is 11.7 Å². The van der Waals surface area contributed by atoms with Crippen molar-refractivity contribution in [2.24, 2.45) is 5.92 Å². The molecular weight excluding hydrogens is 257 g/mol. The van der Waals surface area contributed by atoms with Crippen molar-refractivity contribution in [3.8, 4) is 5.75 Å². The van der Waals surface area contributed by atoms with Crippen molar-refractivity contribution < 1.29 is 14.2 Å². The zero-order valence-corrected chi connectivity index (χ0v) is 12.2. The molecule has 4 heteroatoms. The Morgan fingerprint density at radius 1 is 1.45 bits per heavy atom. The summed E-state index contributed by atoms with van der Waals surface area (Å²) in [5.74, 6) is 0.782. The molecule has 0 aromatic heterocycles. The van der Waals surface area contributed by atoms with E-state index in [9.17, 15) is 9.50 Å². The molecule has 1 saturated carbocycles. The van der Waals surface area contributed by atoms with Gasteiger partial charge in [-0.15, -0.1) is 0 Å². The predicted molar refractivity (Wildman–Crippen MR) is 77.3 cm³/mol. The third-order valence-electron chi connectivity index (χ3n) is 4.14. The number of ether oxygens (including phenoxy) is 1. The van der Waals surface area contributed by atoms with Crippen LogP contribution in [0.3, 0.4) is 0 Å². The second-order valence-corrected chi connectivity index (χ2v) is 5.70. The van der Waals surface area contributed by atoms with E-state index < -0.39 is 0 Å². The van der Waals surface area contributed by atoms with Crippen molar-refractivity contribution in [1.82, 2.24) is 5.32 Å². The molecule has 3 unspecified atom stereocenters. The lowest BCUT2D eigenvalue weighted by Crippen LogP contribution is -2.31. The number of aliphatic hydroxyl groups excluding tert-OH is 1. The van der Waals surface area contributed by atoms with Gasteiger partial charge in [-0.25, -0.2) is 4.39 Å². The molecule has 20 heavy (non-hydrogen) atoms. The van der Waals surface area contributed by atoms with Gasteiger partial charge in [-0.3, -0.25) is 0 Å². The van der Waals surface area contributed by atoms with Crippen LogP contribution in [0.5, 0.6) is 5.75 Å². The number of hydrogen-bond donors (Lipinski definition) is 2. The zero-order chi connectivity index (χ0) is 14.5. The number of aliphatic hydroxyl groups is 1. The van der Waals surface area contributed by atoms with E-state index >= 15 is 0 Å². The molecule has 0 spiro atoms. The third-order valence-corrected chi connectivity index (χ3v) is 4.14. The third kappa shape index (κ3) is 3.93. The van der Waals surface area contributed by atoms with E-state index in [4.69, 9.17) is 4.74 Å². The van der Waals surface area contributed by atoms with Crippen molar-refractivity contribution in [1.29, 1.82) is 0 Å². The Bertz CT molecular complexity index is 438. The molecule has 1 aliphatic carbocycles. The monoisotopic (exact) mass is 281 g/mol. The minimum atomic E-state index is -0.243. The minimum Gasteiger partial charge on any atom is -0.497 e. The molecule has 0 radical (unpaired) electrons. The van der Waals surface area contributed by atoms with Crippen LogP contribution < -0.4 is 10.1 Å². The molecule has 0 saturated heterocycles. The van der Waals surface area contributed by atoms with E-state index in [-0.39, 0.29) is 18.0 Å². The number of hydrogen-bond acceptors (Lipinski definition) is 3. The Morgan fingerprint density at radius 2 is 2.25 bits per heavy atom. The van der Waals surface area contributed by atoms with E-state index in [1.165, 1.54) is 13.2 Å². The highest BCUT2D eigenvalue weighted by Gasteiger charge is 2.21. The van der Waals surface area contributed by atoms with Crippen molar-refractivity contribution in [3.05, 3.63) is 29.6 Å². The molecule has 0 amide bonds. The molecule has 0 heterocycles. The van der Waals surface area contributed by atoms with Crippen LogP contribution in [0.2, 0.25) is 0 Å². The van der Waals surface area contributed by atoms with Gasteiger partial charge >= 0.3 is 0 Å². The summed E-state index contributed by atoms with van der Waals surface area (Å²) in [4.78, 5) is 0. The molecule has 2 rings (SSSR count). The molecule has 0 aliphatic heterocycles. The maximum Gasteiger partial charge on any atom is 0.131 e. The van der Waals surface area contributed by atoms with Crippen LogP contribution in [0.1, 0.15) is 44.2 Å². The maximum atomic E-state index is 14.0. The first-order valence-electron chi connectivity index (χ1n) is 7.35. The van der Waals surface area contributed by atoms with E-state index in [1.807, 2.05) is 6.92 Å². The van der Waals surface area contributed by atoms with Crippen LogP contribution in [0.15, 0.2) is 18.2 Å². The molecule has 1 aromatic rings. The molecule has 1 aromatic carbocycles. The van der Waals surface area contributed by atoms with Crippen LogP contribution in [-0.4, -0.2) is 24.9 Å². The Kier molecular flexibility index (Phi) is 5.38. The summed E-state index contributed by atoms with van der Waals surface area (Å²) in [7, 11) is 1.53. The van der Waals surface area contributed by atoms with Gasteiger partial charge < -0.3 is 15.2 Å². The first-order chi connectivity index (χ1) is 9.60. The highest BCUT2D eigenvalue weighted by atomic mass is 19.1. The van der Waals surface area contributed by atoms with Gasteiger partial charge in [0.25, 0.3) is 0 Å². The number of halogens is 1. The molecule has 1 fully saturated rings. The summed E-state index contributed by atoms with van der Waals surface area (Å²) in [6.07, 6.45) is 3.83. The zero-order valence-electron chi connectivity index (χ0n) is 12.2.